The summed E-state index contributed by atoms with van der Waals surface area (Å²) >= 11 is 0. The third kappa shape index (κ3) is 3.33. The molecule has 2 aromatic rings. The number of aromatic hydroxyl groups is 1. The first-order chi connectivity index (χ1) is 7.31. The van der Waals surface area contributed by atoms with Gasteiger partial charge in [0.05, 0.1) is 0 Å². The van der Waals surface area contributed by atoms with Gasteiger partial charge in [0.15, 0.2) is 0 Å². The van der Waals surface area contributed by atoms with E-state index in [4.69, 9.17) is 0 Å². The maximum Gasteiger partial charge on any atom is 0.113 e. The zero-order valence-corrected chi connectivity index (χ0v) is 12.6. The molecule has 0 atom stereocenters. The van der Waals surface area contributed by atoms with Crippen molar-refractivity contribution in [1.29, 1.82) is 0 Å². The molecule has 0 unspecified atom stereocenters. The van der Waals surface area contributed by atoms with Crippen LogP contribution in [0.4, 0.5) is 0 Å². The predicted molar refractivity (Wildman–Crippen MR) is 65.2 cm³/mol. The summed E-state index contributed by atoms with van der Waals surface area (Å²) in [7, 11) is 0. The normalized spacial score (nSPS) is 8.94. The zero-order valence-electron chi connectivity index (χ0n) is 9.92. The Labute approximate surface area is 111 Å². The van der Waals surface area contributed by atoms with E-state index in [1.807, 2.05) is 38.1 Å². The minimum atomic E-state index is 0. The van der Waals surface area contributed by atoms with E-state index in [1.165, 1.54) is 10.9 Å². The van der Waals surface area contributed by atoms with Gasteiger partial charge in [-0.1, -0.05) is 26.3 Å². The van der Waals surface area contributed by atoms with E-state index in [0.29, 0.717) is 5.75 Å². The van der Waals surface area contributed by atoms with Crippen molar-refractivity contribution in [2.75, 3.05) is 0 Å². The van der Waals surface area contributed by atoms with Crippen molar-refractivity contribution in [2.24, 2.45) is 0 Å². The molecule has 1 N–H and O–H groups in total. The first-order valence-electron chi connectivity index (χ1n) is 5.43. The van der Waals surface area contributed by atoms with Crippen LogP contribution in [0, 0.1) is 6.07 Å². The van der Waals surface area contributed by atoms with Gasteiger partial charge in [0.2, 0.25) is 0 Å². The molecule has 0 spiro atoms. The van der Waals surface area contributed by atoms with E-state index < -0.39 is 0 Å². The number of hydrogen-bond acceptors (Lipinski definition) is 1. The first kappa shape index (κ1) is 15.2. The summed E-state index contributed by atoms with van der Waals surface area (Å²) in [6, 6.07) is 12.4. The van der Waals surface area contributed by atoms with Gasteiger partial charge in [-0.05, 0) is 18.6 Å². The molecule has 87 valence electrons. The fourth-order valence-electron chi connectivity index (χ4n) is 1.60. The third-order valence-corrected chi connectivity index (χ3v) is 2.25. The van der Waals surface area contributed by atoms with Crippen LogP contribution in [0.2, 0.25) is 0 Å². The smallest absolute Gasteiger partial charge is 0.113 e. The molecule has 0 saturated heterocycles. The molecular weight excluding hydrogens is 370 g/mol. The van der Waals surface area contributed by atoms with Crippen LogP contribution in [0.3, 0.4) is 0 Å². The molecule has 2 rings (SSSR count). The van der Waals surface area contributed by atoms with Crippen molar-refractivity contribution in [3.05, 3.63) is 42.0 Å². The average molecular weight is 387 g/mol. The van der Waals surface area contributed by atoms with Crippen LogP contribution in [-0.2, 0) is 26.8 Å². The summed E-state index contributed by atoms with van der Waals surface area (Å²) in [5.74, 6) is 0.343. The number of phenols is 1. The second-order valence-electron chi connectivity index (χ2n) is 3.11. The number of aryl methyl sites for hydroxylation is 1. The first-order valence-corrected chi connectivity index (χ1v) is 5.43. The van der Waals surface area contributed by atoms with Crippen LogP contribution in [0.15, 0.2) is 30.3 Å². The summed E-state index contributed by atoms with van der Waals surface area (Å²) in [4.78, 5) is 0. The van der Waals surface area contributed by atoms with Gasteiger partial charge < -0.3 is 5.11 Å². The summed E-state index contributed by atoms with van der Waals surface area (Å²) in [5.41, 5.74) is 1.17. The van der Waals surface area contributed by atoms with Crippen molar-refractivity contribution >= 4 is 10.8 Å². The van der Waals surface area contributed by atoms with Gasteiger partial charge in [0.25, 0.3) is 0 Å². The van der Waals surface area contributed by atoms with E-state index in [1.54, 1.807) is 6.07 Å². The van der Waals surface area contributed by atoms with Gasteiger partial charge in [0.1, 0.15) is 5.75 Å². The Morgan fingerprint density at radius 1 is 1.25 bits per heavy atom. The van der Waals surface area contributed by atoms with Crippen molar-refractivity contribution in [1.82, 2.24) is 0 Å². The standard InChI is InChI=1S/C12H11O.C2H6.Re/c1-2-9-7-11(13)8-10-5-3-4-6-12(9)10;1-2;/h3,5-8,13H,2H2,1H3;1-2H3;/q-1;;. The molecule has 1 nitrogen and oxygen atoms in total. The minimum absolute atomic E-state index is 0. The fraction of sp³-hybridized carbons (Fsp3) is 0.286. The zero-order chi connectivity index (χ0) is 11.3. The molecule has 0 aliphatic heterocycles. The molecule has 2 aromatic carbocycles. The predicted octanol–water partition coefficient (Wildman–Crippen LogP) is 3.93. The van der Waals surface area contributed by atoms with Crippen LogP contribution >= 0.6 is 0 Å². The van der Waals surface area contributed by atoms with Gasteiger partial charge in [-0.15, -0.1) is 10.8 Å². The second-order valence-corrected chi connectivity index (χ2v) is 3.11. The fourth-order valence-corrected chi connectivity index (χ4v) is 1.60. The topological polar surface area (TPSA) is 20.2 Å². The molecule has 0 fully saturated rings. The summed E-state index contributed by atoms with van der Waals surface area (Å²) < 4.78 is 0. The van der Waals surface area contributed by atoms with E-state index in [0.717, 1.165) is 11.8 Å². The Morgan fingerprint density at radius 2 is 1.94 bits per heavy atom. The molecular formula is C14H17ORe-. The molecule has 0 bridgehead atoms. The largest absolute Gasteiger partial charge is 0.508 e. The van der Waals surface area contributed by atoms with Crippen LogP contribution in [0.1, 0.15) is 26.3 Å². The molecule has 0 heterocycles. The molecule has 2 heteroatoms. The summed E-state index contributed by atoms with van der Waals surface area (Å²) in [6.45, 7) is 6.08. The Balaban J connectivity index is 0.000000711. The van der Waals surface area contributed by atoms with Crippen LogP contribution in [0.5, 0.6) is 5.75 Å². The molecule has 16 heavy (non-hydrogen) atoms. The summed E-state index contributed by atoms with van der Waals surface area (Å²) in [6.07, 6.45) is 0.933. The SMILES string of the molecule is CC.CCc1cc(O)cc2cc[c-]cc12.[Re]. The summed E-state index contributed by atoms with van der Waals surface area (Å²) in [5, 5.41) is 11.7. The van der Waals surface area contributed by atoms with Crippen LogP contribution in [0.25, 0.3) is 10.8 Å². The van der Waals surface area contributed by atoms with E-state index in [9.17, 15) is 5.11 Å². The molecule has 0 aliphatic carbocycles. The molecule has 0 aliphatic rings. The molecule has 0 aromatic heterocycles. The van der Waals surface area contributed by atoms with Crippen molar-refractivity contribution in [3.63, 3.8) is 0 Å². The van der Waals surface area contributed by atoms with Crippen LogP contribution < -0.4 is 0 Å². The van der Waals surface area contributed by atoms with E-state index >= 15 is 0 Å². The van der Waals surface area contributed by atoms with Crippen molar-refractivity contribution in [3.8, 4) is 5.75 Å². The van der Waals surface area contributed by atoms with Gasteiger partial charge >= 0.3 is 0 Å². The number of fused-ring (bicyclic) bond motifs is 1. The van der Waals surface area contributed by atoms with Gasteiger partial charge in [-0.3, -0.25) is 0 Å². The van der Waals surface area contributed by atoms with Gasteiger partial charge in [0, 0.05) is 20.4 Å². The van der Waals surface area contributed by atoms with Gasteiger partial charge in [-0.2, -0.15) is 24.3 Å². The Kier molecular flexibility index (Phi) is 7.05. The number of hydrogen-bond donors (Lipinski definition) is 1. The Bertz CT molecular complexity index is 438. The Morgan fingerprint density at radius 3 is 2.56 bits per heavy atom. The van der Waals surface area contributed by atoms with Gasteiger partial charge in [-0.25, -0.2) is 0 Å². The average Bonchev–Trinajstić information content (AvgIpc) is 2.30. The number of benzene rings is 2. The third-order valence-electron chi connectivity index (χ3n) is 2.25. The monoisotopic (exact) mass is 388 g/mol. The van der Waals surface area contributed by atoms with Crippen molar-refractivity contribution < 1.29 is 25.5 Å². The van der Waals surface area contributed by atoms with Crippen molar-refractivity contribution in [2.45, 2.75) is 27.2 Å². The number of phenolic OH excluding ortho intramolecular Hbond substituents is 1. The maximum atomic E-state index is 9.43. The quantitative estimate of drug-likeness (QED) is 0.735. The molecule has 0 saturated carbocycles. The minimum Gasteiger partial charge on any atom is -0.508 e. The Hall–Kier alpha value is -0.838. The van der Waals surface area contributed by atoms with Crippen LogP contribution in [-0.4, -0.2) is 5.11 Å². The number of rotatable bonds is 1. The second kappa shape index (κ2) is 7.44. The molecule has 0 amide bonds. The van der Waals surface area contributed by atoms with E-state index in [2.05, 4.69) is 13.0 Å². The molecule has 1 radical (unpaired) electrons. The maximum absolute atomic E-state index is 9.43. The van der Waals surface area contributed by atoms with E-state index in [-0.39, 0.29) is 20.4 Å².